The first kappa shape index (κ1) is 14.9. The molecule has 94 valence electrons. The third-order valence-corrected chi connectivity index (χ3v) is 2.15. The fraction of sp³-hybridized carbons (Fsp3) is 0.818. The third-order valence-electron chi connectivity index (χ3n) is 2.15. The summed E-state index contributed by atoms with van der Waals surface area (Å²) >= 11 is 0. The molecule has 0 saturated carbocycles. The molecule has 0 radical (unpaired) electrons. The van der Waals surface area contributed by atoms with Crippen LogP contribution in [0, 0.1) is 5.92 Å². The van der Waals surface area contributed by atoms with Gasteiger partial charge in [0.25, 0.3) is 0 Å². The first-order chi connectivity index (χ1) is 7.34. The number of ether oxygens (including phenoxy) is 1. The molecule has 0 saturated heterocycles. The van der Waals surface area contributed by atoms with Gasteiger partial charge < -0.3 is 15.2 Å². The molecule has 0 aromatic carbocycles. The van der Waals surface area contributed by atoms with Gasteiger partial charge in [0.1, 0.15) is 6.10 Å². The Bertz CT molecular complexity index is 240. The van der Waals surface area contributed by atoms with Gasteiger partial charge in [-0.2, -0.15) is 0 Å². The van der Waals surface area contributed by atoms with Crippen LogP contribution in [0.4, 0.5) is 0 Å². The summed E-state index contributed by atoms with van der Waals surface area (Å²) in [6, 6.07) is 0. The molecule has 16 heavy (non-hydrogen) atoms. The number of carbonyl (C=O) groups excluding carboxylic acids is 1. The van der Waals surface area contributed by atoms with Gasteiger partial charge in [-0.15, -0.1) is 0 Å². The van der Waals surface area contributed by atoms with Gasteiger partial charge in [-0.05, 0) is 26.2 Å². The van der Waals surface area contributed by atoms with Gasteiger partial charge in [-0.1, -0.05) is 13.8 Å². The molecule has 0 rings (SSSR count). The Morgan fingerprint density at radius 2 is 1.75 bits per heavy atom. The van der Waals surface area contributed by atoms with Gasteiger partial charge in [-0.3, -0.25) is 4.79 Å². The van der Waals surface area contributed by atoms with Gasteiger partial charge in [-0.25, -0.2) is 4.79 Å². The topological polar surface area (TPSA) is 75.6 Å². The zero-order valence-electron chi connectivity index (χ0n) is 10.3. The highest BCUT2D eigenvalue weighted by Crippen LogP contribution is 2.00. The second kappa shape index (κ2) is 7.22. The summed E-state index contributed by atoms with van der Waals surface area (Å²) in [6.45, 7) is 7.67. The summed E-state index contributed by atoms with van der Waals surface area (Å²) in [6.07, 6.45) is -0.809. The average molecular weight is 231 g/mol. The van der Waals surface area contributed by atoms with E-state index in [1.807, 2.05) is 0 Å². The maximum Gasteiger partial charge on any atom is 0.332 e. The first-order valence-corrected chi connectivity index (χ1v) is 5.50. The lowest BCUT2D eigenvalue weighted by Gasteiger charge is -2.16. The van der Waals surface area contributed by atoms with Crippen molar-refractivity contribution in [2.45, 2.75) is 46.3 Å². The van der Waals surface area contributed by atoms with Gasteiger partial charge in [0.05, 0.1) is 0 Å². The number of carbonyl (C=O) groups is 2. The van der Waals surface area contributed by atoms with Crippen molar-refractivity contribution < 1.29 is 19.4 Å². The minimum absolute atomic E-state index is 0.270. The normalized spacial score (nSPS) is 14.6. The smallest absolute Gasteiger partial charge is 0.332 e. The highest BCUT2D eigenvalue weighted by molar-refractivity contribution is 5.81. The minimum atomic E-state index is -1.07. The molecule has 0 fully saturated rings. The maximum atomic E-state index is 11.5. The lowest BCUT2D eigenvalue weighted by molar-refractivity contribution is -0.155. The molecule has 2 atom stereocenters. The molecule has 0 heterocycles. The Kier molecular flexibility index (Phi) is 6.72. The predicted molar refractivity (Wildman–Crippen MR) is 60.1 cm³/mol. The van der Waals surface area contributed by atoms with E-state index in [1.54, 1.807) is 6.92 Å². The van der Waals surface area contributed by atoms with Crippen LogP contribution < -0.4 is 5.32 Å². The Morgan fingerprint density at radius 3 is 2.19 bits per heavy atom. The molecule has 0 aliphatic carbocycles. The first-order valence-electron chi connectivity index (χ1n) is 5.50. The SMILES string of the molecule is CC(C)CCNC(=O)C(C)O[C@@H](C)C(=O)O. The number of amides is 1. The number of hydrogen-bond acceptors (Lipinski definition) is 3. The van der Waals surface area contributed by atoms with Crippen LogP contribution in [0.2, 0.25) is 0 Å². The fourth-order valence-corrected chi connectivity index (χ4v) is 1.05. The summed E-state index contributed by atoms with van der Waals surface area (Å²) < 4.78 is 5.02. The van der Waals surface area contributed by atoms with Crippen molar-refractivity contribution in [3.05, 3.63) is 0 Å². The summed E-state index contributed by atoms with van der Waals surface area (Å²) in [5.41, 5.74) is 0. The summed E-state index contributed by atoms with van der Waals surface area (Å²) in [5, 5.41) is 11.3. The number of rotatable bonds is 7. The van der Waals surface area contributed by atoms with Crippen LogP contribution >= 0.6 is 0 Å². The quantitative estimate of drug-likeness (QED) is 0.686. The zero-order chi connectivity index (χ0) is 12.7. The largest absolute Gasteiger partial charge is 0.479 e. The molecule has 0 spiro atoms. The molecule has 0 aliphatic rings. The Hall–Kier alpha value is -1.10. The van der Waals surface area contributed by atoms with E-state index in [0.29, 0.717) is 12.5 Å². The lowest BCUT2D eigenvalue weighted by atomic mass is 10.1. The fourth-order valence-electron chi connectivity index (χ4n) is 1.05. The molecule has 2 N–H and O–H groups in total. The molecule has 1 unspecified atom stereocenters. The van der Waals surface area contributed by atoms with Crippen LogP contribution in [0.3, 0.4) is 0 Å². The van der Waals surface area contributed by atoms with Gasteiger partial charge >= 0.3 is 5.97 Å². The Labute approximate surface area is 96.2 Å². The van der Waals surface area contributed by atoms with Crippen molar-refractivity contribution in [1.29, 1.82) is 0 Å². The minimum Gasteiger partial charge on any atom is -0.479 e. The molecular formula is C11H21NO4. The average Bonchev–Trinajstić information content (AvgIpc) is 2.16. The van der Waals surface area contributed by atoms with Crippen LogP contribution in [0.15, 0.2) is 0 Å². The van der Waals surface area contributed by atoms with Crippen LogP contribution in [-0.4, -0.2) is 35.7 Å². The van der Waals surface area contributed by atoms with Gasteiger partial charge in [0, 0.05) is 6.54 Å². The standard InChI is InChI=1S/C11H21NO4/c1-7(2)5-6-12-10(13)8(3)16-9(4)11(14)15/h7-9H,5-6H2,1-4H3,(H,12,13)(H,14,15)/t8?,9-/m0/s1. The lowest BCUT2D eigenvalue weighted by Crippen LogP contribution is -2.38. The number of carboxylic acid groups (broad SMARTS) is 1. The van der Waals surface area contributed by atoms with E-state index in [1.165, 1.54) is 6.92 Å². The van der Waals surface area contributed by atoms with E-state index in [2.05, 4.69) is 19.2 Å². The molecular weight excluding hydrogens is 210 g/mol. The third kappa shape index (κ3) is 6.40. The summed E-state index contributed by atoms with van der Waals surface area (Å²) in [7, 11) is 0. The van der Waals surface area contributed by atoms with E-state index in [-0.39, 0.29) is 5.91 Å². The zero-order valence-corrected chi connectivity index (χ0v) is 10.3. The molecule has 5 heteroatoms. The maximum absolute atomic E-state index is 11.5. The molecule has 0 aromatic heterocycles. The van der Waals surface area contributed by atoms with Crippen molar-refractivity contribution in [2.24, 2.45) is 5.92 Å². The molecule has 1 amide bonds. The van der Waals surface area contributed by atoms with E-state index < -0.39 is 18.2 Å². The second-order valence-corrected chi connectivity index (χ2v) is 4.23. The number of hydrogen-bond donors (Lipinski definition) is 2. The van der Waals surface area contributed by atoms with E-state index in [9.17, 15) is 9.59 Å². The van der Waals surface area contributed by atoms with Crippen molar-refractivity contribution in [3.8, 4) is 0 Å². The second-order valence-electron chi connectivity index (χ2n) is 4.23. The van der Waals surface area contributed by atoms with Crippen LogP contribution in [0.25, 0.3) is 0 Å². The van der Waals surface area contributed by atoms with Crippen molar-refractivity contribution >= 4 is 11.9 Å². The highest BCUT2D eigenvalue weighted by Gasteiger charge is 2.20. The van der Waals surface area contributed by atoms with Crippen LogP contribution in [0.1, 0.15) is 34.1 Å². The van der Waals surface area contributed by atoms with Crippen LogP contribution in [-0.2, 0) is 14.3 Å². The van der Waals surface area contributed by atoms with Crippen LogP contribution in [0.5, 0.6) is 0 Å². The predicted octanol–water partition coefficient (Wildman–Crippen LogP) is 1.03. The van der Waals surface area contributed by atoms with Gasteiger partial charge in [0.15, 0.2) is 6.10 Å². The summed E-state index contributed by atoms with van der Waals surface area (Å²) in [4.78, 5) is 22.0. The van der Waals surface area contributed by atoms with E-state index in [0.717, 1.165) is 6.42 Å². The van der Waals surface area contributed by atoms with Crippen molar-refractivity contribution in [2.75, 3.05) is 6.54 Å². The summed E-state index contributed by atoms with van der Waals surface area (Å²) in [5.74, 6) is -0.815. The Balaban J connectivity index is 3.86. The molecule has 0 aromatic rings. The van der Waals surface area contributed by atoms with E-state index >= 15 is 0 Å². The number of carboxylic acids is 1. The molecule has 5 nitrogen and oxygen atoms in total. The molecule has 0 aliphatic heterocycles. The van der Waals surface area contributed by atoms with E-state index in [4.69, 9.17) is 9.84 Å². The Morgan fingerprint density at radius 1 is 1.19 bits per heavy atom. The number of nitrogens with one attached hydrogen (secondary N) is 1. The monoisotopic (exact) mass is 231 g/mol. The van der Waals surface area contributed by atoms with Gasteiger partial charge in [0.2, 0.25) is 5.91 Å². The highest BCUT2D eigenvalue weighted by atomic mass is 16.5. The van der Waals surface area contributed by atoms with Crippen molar-refractivity contribution in [3.63, 3.8) is 0 Å². The molecule has 0 bridgehead atoms. The van der Waals surface area contributed by atoms with Crippen molar-refractivity contribution in [1.82, 2.24) is 5.32 Å². The number of aliphatic carboxylic acids is 1.